The van der Waals surface area contributed by atoms with Gasteiger partial charge in [0.15, 0.2) is 0 Å². The lowest BCUT2D eigenvalue weighted by atomic mass is 10.1. The van der Waals surface area contributed by atoms with Crippen LogP contribution in [0.3, 0.4) is 0 Å². The molecule has 1 amide bonds. The largest absolute Gasteiger partial charge is 0.469 e. The van der Waals surface area contributed by atoms with Gasteiger partial charge >= 0.3 is 5.97 Å². The number of nitrogens with one attached hydrogen (secondary N) is 1. The van der Waals surface area contributed by atoms with Crippen LogP contribution in [-0.4, -0.2) is 31.6 Å². The average Bonchev–Trinajstić information content (AvgIpc) is 2.21. The minimum atomic E-state index is -0.317. The maximum atomic E-state index is 11.2. The predicted octanol–water partition coefficient (Wildman–Crippen LogP) is 0.0391. The van der Waals surface area contributed by atoms with Gasteiger partial charge in [-0.15, -0.1) is 0 Å². The lowest BCUT2D eigenvalue weighted by Crippen LogP contribution is -2.32. The number of methoxy groups -OCH3 is 1. The van der Waals surface area contributed by atoms with Crippen molar-refractivity contribution in [1.29, 1.82) is 0 Å². The predicted molar refractivity (Wildman–Crippen MR) is 57.1 cm³/mol. The van der Waals surface area contributed by atoms with Crippen LogP contribution in [0.15, 0.2) is 0 Å². The van der Waals surface area contributed by atoms with Gasteiger partial charge in [0, 0.05) is 19.0 Å². The van der Waals surface area contributed by atoms with E-state index in [2.05, 4.69) is 10.1 Å². The Bertz CT molecular complexity index is 217. The molecule has 5 nitrogen and oxygen atoms in total. The van der Waals surface area contributed by atoms with Crippen LogP contribution in [0.1, 0.15) is 26.7 Å². The van der Waals surface area contributed by atoms with E-state index in [0.717, 1.165) is 0 Å². The highest BCUT2D eigenvalue weighted by Gasteiger charge is 2.13. The average molecular weight is 216 g/mol. The zero-order chi connectivity index (χ0) is 11.8. The Morgan fingerprint density at radius 2 is 2.00 bits per heavy atom. The summed E-state index contributed by atoms with van der Waals surface area (Å²) in [7, 11) is 1.33. The summed E-state index contributed by atoms with van der Waals surface area (Å²) in [5.41, 5.74) is 5.51. The molecule has 0 aromatic rings. The molecule has 0 aromatic heterocycles. The zero-order valence-corrected chi connectivity index (χ0v) is 9.58. The molecule has 0 aliphatic heterocycles. The summed E-state index contributed by atoms with van der Waals surface area (Å²) in [5, 5.41) is 2.66. The van der Waals surface area contributed by atoms with Crippen molar-refractivity contribution >= 4 is 11.9 Å². The monoisotopic (exact) mass is 216 g/mol. The minimum Gasteiger partial charge on any atom is -0.469 e. The first-order chi connectivity index (χ1) is 6.97. The first-order valence-electron chi connectivity index (χ1n) is 5.07. The highest BCUT2D eigenvalue weighted by Crippen LogP contribution is 1.97. The number of amides is 1. The van der Waals surface area contributed by atoms with Crippen molar-refractivity contribution in [1.82, 2.24) is 5.32 Å². The van der Waals surface area contributed by atoms with E-state index < -0.39 is 0 Å². The van der Waals surface area contributed by atoms with Gasteiger partial charge in [-0.25, -0.2) is 0 Å². The van der Waals surface area contributed by atoms with Crippen LogP contribution in [-0.2, 0) is 14.3 Å². The fourth-order valence-corrected chi connectivity index (χ4v) is 0.999. The van der Waals surface area contributed by atoms with Gasteiger partial charge in [0.1, 0.15) is 0 Å². The smallest absolute Gasteiger partial charge is 0.310 e. The number of nitrogens with two attached hydrogens (primary N) is 1. The molecule has 5 heteroatoms. The third-order valence-electron chi connectivity index (χ3n) is 2.04. The molecule has 0 bridgehead atoms. The van der Waals surface area contributed by atoms with Crippen LogP contribution in [0.25, 0.3) is 0 Å². The Hall–Kier alpha value is -1.10. The number of hydrogen-bond acceptors (Lipinski definition) is 4. The third-order valence-corrected chi connectivity index (χ3v) is 2.04. The van der Waals surface area contributed by atoms with Crippen molar-refractivity contribution in [3.63, 3.8) is 0 Å². The van der Waals surface area contributed by atoms with E-state index in [1.165, 1.54) is 7.11 Å². The molecule has 0 heterocycles. The van der Waals surface area contributed by atoms with E-state index in [9.17, 15) is 9.59 Å². The summed E-state index contributed by atoms with van der Waals surface area (Å²) in [6.45, 7) is 3.87. The minimum absolute atomic E-state index is 0.0220. The Kier molecular flexibility index (Phi) is 6.70. The molecule has 0 saturated heterocycles. The molecule has 0 aliphatic rings. The van der Waals surface area contributed by atoms with Crippen LogP contribution >= 0.6 is 0 Å². The van der Waals surface area contributed by atoms with E-state index in [0.29, 0.717) is 19.4 Å². The van der Waals surface area contributed by atoms with E-state index in [4.69, 9.17) is 5.73 Å². The number of rotatable bonds is 6. The van der Waals surface area contributed by atoms with Crippen LogP contribution < -0.4 is 11.1 Å². The molecule has 0 aliphatic carbocycles. The van der Waals surface area contributed by atoms with Crippen molar-refractivity contribution in [2.24, 2.45) is 11.7 Å². The van der Waals surface area contributed by atoms with Gasteiger partial charge < -0.3 is 15.8 Å². The van der Waals surface area contributed by atoms with Gasteiger partial charge in [-0.1, -0.05) is 6.92 Å². The first kappa shape index (κ1) is 13.9. The summed E-state index contributed by atoms with van der Waals surface area (Å²) >= 11 is 0. The second-order valence-electron chi connectivity index (χ2n) is 3.74. The zero-order valence-electron chi connectivity index (χ0n) is 9.58. The highest BCUT2D eigenvalue weighted by atomic mass is 16.5. The maximum Gasteiger partial charge on any atom is 0.310 e. The Labute approximate surface area is 90.4 Å². The summed E-state index contributed by atoms with van der Waals surface area (Å²) in [4.78, 5) is 22.2. The molecule has 2 atom stereocenters. The van der Waals surface area contributed by atoms with Crippen LogP contribution in [0, 0.1) is 5.92 Å². The van der Waals surface area contributed by atoms with Gasteiger partial charge in [0.2, 0.25) is 5.91 Å². The van der Waals surface area contributed by atoms with Gasteiger partial charge in [-0.2, -0.15) is 0 Å². The standard InChI is InChI=1S/C10H20N2O3/c1-7(10(14)15-3)6-12-9(13)5-4-8(2)11/h7-8H,4-6,11H2,1-3H3,(H,12,13). The van der Waals surface area contributed by atoms with Gasteiger partial charge in [-0.05, 0) is 13.3 Å². The number of carbonyl (C=O) groups is 2. The highest BCUT2D eigenvalue weighted by molar-refractivity contribution is 5.77. The van der Waals surface area contributed by atoms with Gasteiger partial charge in [0.25, 0.3) is 0 Å². The van der Waals surface area contributed by atoms with Crippen molar-refractivity contribution in [2.75, 3.05) is 13.7 Å². The molecule has 15 heavy (non-hydrogen) atoms. The number of esters is 1. The van der Waals surface area contributed by atoms with Crippen molar-refractivity contribution in [2.45, 2.75) is 32.7 Å². The summed E-state index contributed by atoms with van der Waals surface area (Å²) in [5.74, 6) is -0.709. The molecular weight excluding hydrogens is 196 g/mol. The quantitative estimate of drug-likeness (QED) is 0.614. The van der Waals surface area contributed by atoms with Crippen molar-refractivity contribution in [3.8, 4) is 0 Å². The van der Waals surface area contributed by atoms with Crippen molar-refractivity contribution in [3.05, 3.63) is 0 Å². The van der Waals surface area contributed by atoms with Gasteiger partial charge in [0.05, 0.1) is 13.0 Å². The molecule has 0 radical (unpaired) electrons. The summed E-state index contributed by atoms with van der Waals surface area (Å²) in [6, 6.07) is 0.0220. The first-order valence-corrected chi connectivity index (χ1v) is 5.07. The SMILES string of the molecule is COC(=O)C(C)CNC(=O)CCC(C)N. The Morgan fingerprint density at radius 3 is 2.47 bits per heavy atom. The molecule has 0 spiro atoms. The molecule has 88 valence electrons. The number of carbonyl (C=O) groups excluding carboxylic acids is 2. The normalized spacial score (nSPS) is 14.1. The van der Waals surface area contributed by atoms with Crippen LogP contribution in [0.4, 0.5) is 0 Å². The Balaban J connectivity index is 3.66. The summed E-state index contributed by atoms with van der Waals surface area (Å²) in [6.07, 6.45) is 1.05. The molecule has 0 fully saturated rings. The van der Waals surface area contributed by atoms with Crippen LogP contribution in [0.2, 0.25) is 0 Å². The Morgan fingerprint density at radius 1 is 1.40 bits per heavy atom. The molecular formula is C10H20N2O3. The molecule has 0 aromatic carbocycles. The van der Waals surface area contributed by atoms with E-state index in [-0.39, 0.29) is 23.8 Å². The molecule has 2 unspecified atom stereocenters. The van der Waals surface area contributed by atoms with Crippen LogP contribution in [0.5, 0.6) is 0 Å². The van der Waals surface area contributed by atoms with Gasteiger partial charge in [-0.3, -0.25) is 9.59 Å². The molecule has 3 N–H and O–H groups in total. The van der Waals surface area contributed by atoms with Crippen molar-refractivity contribution < 1.29 is 14.3 Å². The topological polar surface area (TPSA) is 81.4 Å². The summed E-state index contributed by atoms with van der Waals surface area (Å²) < 4.78 is 4.53. The fraction of sp³-hybridized carbons (Fsp3) is 0.800. The van der Waals surface area contributed by atoms with E-state index in [1.54, 1.807) is 6.92 Å². The molecule has 0 rings (SSSR count). The van der Waals surface area contributed by atoms with E-state index in [1.807, 2.05) is 6.92 Å². The lowest BCUT2D eigenvalue weighted by Gasteiger charge is -2.10. The number of hydrogen-bond donors (Lipinski definition) is 2. The second-order valence-corrected chi connectivity index (χ2v) is 3.74. The second kappa shape index (κ2) is 7.23. The number of ether oxygens (including phenoxy) is 1. The maximum absolute atomic E-state index is 11.2. The van der Waals surface area contributed by atoms with E-state index >= 15 is 0 Å². The third kappa shape index (κ3) is 6.90. The molecule has 0 saturated carbocycles. The fourth-order valence-electron chi connectivity index (χ4n) is 0.999. The lowest BCUT2D eigenvalue weighted by molar-refractivity contribution is -0.144.